The predicted molar refractivity (Wildman–Crippen MR) is 143 cm³/mol. The fraction of sp³-hybridized carbons (Fsp3) is 0.321. The zero-order valence-electron chi connectivity index (χ0n) is 21.3. The number of aryl methyl sites for hydroxylation is 2. The summed E-state index contributed by atoms with van der Waals surface area (Å²) in [6, 6.07) is 8.49. The van der Waals surface area contributed by atoms with Gasteiger partial charge in [0, 0.05) is 6.08 Å². The lowest BCUT2D eigenvalue weighted by Crippen LogP contribution is -2.29. The molecule has 0 bridgehead atoms. The Morgan fingerprint density at radius 1 is 1.17 bits per heavy atom. The Morgan fingerprint density at radius 2 is 1.89 bits per heavy atom. The molecule has 0 aliphatic rings. The van der Waals surface area contributed by atoms with Gasteiger partial charge >= 0.3 is 0 Å². The van der Waals surface area contributed by atoms with Crippen molar-refractivity contribution in [1.29, 1.82) is 5.41 Å². The summed E-state index contributed by atoms with van der Waals surface area (Å²) in [7, 11) is 0. The van der Waals surface area contributed by atoms with Crippen LogP contribution in [0.1, 0.15) is 62.3 Å². The maximum atomic E-state index is 13.9. The molecule has 0 spiro atoms. The average molecular weight is 483 g/mol. The summed E-state index contributed by atoms with van der Waals surface area (Å²) in [5.41, 5.74) is 7.53. The highest BCUT2D eigenvalue weighted by Crippen LogP contribution is 2.20. The highest BCUT2D eigenvalue weighted by molar-refractivity contribution is 5.93. The van der Waals surface area contributed by atoms with E-state index in [1.54, 1.807) is 17.2 Å². The minimum atomic E-state index is -0.913. The molecule has 0 radical (unpaired) electrons. The van der Waals surface area contributed by atoms with E-state index in [1.165, 1.54) is 25.6 Å². The normalized spacial score (nSPS) is 11.0. The lowest BCUT2D eigenvalue weighted by atomic mass is 10.1. The van der Waals surface area contributed by atoms with Gasteiger partial charge in [0.1, 0.15) is 6.34 Å². The number of unbranched alkanes of at least 4 members (excludes halogenated alkanes) is 1. The van der Waals surface area contributed by atoms with E-state index in [1.807, 2.05) is 39.0 Å². The minimum Gasteiger partial charge on any atom is -0.313 e. The van der Waals surface area contributed by atoms with Crippen molar-refractivity contribution in [2.75, 3.05) is 5.43 Å². The van der Waals surface area contributed by atoms with Crippen LogP contribution < -0.4 is 5.43 Å². The SMILES string of the molecule is C=Cc1ccc(C)c(NN(C=NC(=O)/C=C(\C)CC)Cc2cc(C)c(F)c(F)c2)c1.CCCC=N. The topological polar surface area (TPSA) is 68.6 Å². The van der Waals surface area contributed by atoms with Crippen molar-refractivity contribution < 1.29 is 13.6 Å². The van der Waals surface area contributed by atoms with Crippen molar-refractivity contribution in [1.82, 2.24) is 5.01 Å². The smallest absolute Gasteiger partial charge is 0.271 e. The molecular weight excluding hydrogens is 446 g/mol. The lowest BCUT2D eigenvalue weighted by molar-refractivity contribution is -0.113. The largest absolute Gasteiger partial charge is 0.313 e. The summed E-state index contributed by atoms with van der Waals surface area (Å²) in [4.78, 5) is 16.1. The molecule has 1 amide bonds. The van der Waals surface area contributed by atoms with Crippen LogP contribution in [0.25, 0.3) is 6.08 Å². The number of carbonyl (C=O) groups excluding carboxylic acids is 1. The summed E-state index contributed by atoms with van der Waals surface area (Å²) < 4.78 is 27.5. The molecule has 2 rings (SSSR count). The summed E-state index contributed by atoms with van der Waals surface area (Å²) in [5.74, 6) is -2.17. The van der Waals surface area contributed by atoms with Gasteiger partial charge < -0.3 is 5.41 Å². The van der Waals surface area contributed by atoms with Crippen LogP contribution in [0, 0.1) is 30.9 Å². The Hall–Kier alpha value is -3.61. The van der Waals surface area contributed by atoms with Crippen molar-refractivity contribution in [2.24, 2.45) is 4.99 Å². The maximum absolute atomic E-state index is 13.9. The fourth-order valence-corrected chi connectivity index (χ4v) is 2.86. The van der Waals surface area contributed by atoms with Gasteiger partial charge in [-0.3, -0.25) is 15.2 Å². The number of allylic oxidation sites excluding steroid dienone is 1. The zero-order chi connectivity index (χ0) is 26.4. The number of hydrogen-bond donors (Lipinski definition) is 2. The molecule has 2 aromatic rings. The number of aliphatic imine (C=N–C) groups is 1. The van der Waals surface area contributed by atoms with Gasteiger partial charge in [-0.1, -0.05) is 56.7 Å². The van der Waals surface area contributed by atoms with Gasteiger partial charge in [0.25, 0.3) is 5.91 Å². The molecule has 0 unspecified atom stereocenters. The number of nitrogens with zero attached hydrogens (tertiary/aromatic N) is 2. The van der Waals surface area contributed by atoms with E-state index < -0.39 is 11.6 Å². The highest BCUT2D eigenvalue weighted by atomic mass is 19.2. The van der Waals surface area contributed by atoms with Crippen LogP contribution >= 0.6 is 0 Å². The van der Waals surface area contributed by atoms with E-state index in [-0.39, 0.29) is 18.0 Å². The molecule has 2 N–H and O–H groups in total. The van der Waals surface area contributed by atoms with Crippen LogP contribution in [0.15, 0.2) is 53.6 Å². The Kier molecular flexibility index (Phi) is 12.9. The predicted octanol–water partition coefficient (Wildman–Crippen LogP) is 7.40. The molecule has 0 fully saturated rings. The average Bonchev–Trinajstić information content (AvgIpc) is 2.83. The van der Waals surface area contributed by atoms with Gasteiger partial charge in [0.2, 0.25) is 0 Å². The third-order valence-electron chi connectivity index (χ3n) is 5.07. The van der Waals surface area contributed by atoms with E-state index in [0.717, 1.165) is 47.7 Å². The van der Waals surface area contributed by atoms with Gasteiger partial charge in [0.05, 0.1) is 12.2 Å². The number of nitrogens with one attached hydrogen (secondary N) is 2. The minimum absolute atomic E-state index is 0.170. The standard InChI is InChI=1S/C24H27F2N3O.C4H9N/c1-6-16(3)10-23(30)27-15-29(14-20-11-18(5)24(26)21(25)12-20)28-22-13-19(7-2)9-8-17(22)4;1-2-3-4-5/h7-13,15,28H,2,6,14H2,1,3-5H3;4-5H,2-3H2,1H3/b16-10+,27-15?;. The van der Waals surface area contributed by atoms with Gasteiger partial charge in [-0.25, -0.2) is 8.78 Å². The molecular formula is C28H36F2N4O. The second-order valence-corrected chi connectivity index (χ2v) is 8.15. The summed E-state index contributed by atoms with van der Waals surface area (Å²) in [5, 5.41) is 8.04. The summed E-state index contributed by atoms with van der Waals surface area (Å²) in [6.07, 6.45) is 8.77. The zero-order valence-corrected chi connectivity index (χ0v) is 21.3. The Morgan fingerprint density at radius 3 is 2.43 bits per heavy atom. The molecule has 5 nitrogen and oxygen atoms in total. The first-order valence-electron chi connectivity index (χ1n) is 11.6. The third-order valence-corrected chi connectivity index (χ3v) is 5.07. The maximum Gasteiger partial charge on any atom is 0.271 e. The molecule has 0 heterocycles. The first-order valence-corrected chi connectivity index (χ1v) is 11.6. The molecule has 0 atom stereocenters. The Labute approximate surface area is 207 Å². The number of halogens is 2. The number of carbonyl (C=O) groups is 1. The first-order chi connectivity index (χ1) is 16.6. The quantitative estimate of drug-likeness (QED) is 0.160. The van der Waals surface area contributed by atoms with E-state index in [2.05, 4.69) is 23.9 Å². The second-order valence-electron chi connectivity index (χ2n) is 8.15. The summed E-state index contributed by atoms with van der Waals surface area (Å²) >= 11 is 0. The van der Waals surface area contributed by atoms with Crippen LogP contribution in [0.3, 0.4) is 0 Å². The molecule has 2 aromatic carbocycles. The Bertz CT molecular complexity index is 1050. The number of amides is 1. The monoisotopic (exact) mass is 482 g/mol. The fourth-order valence-electron chi connectivity index (χ4n) is 2.86. The number of anilines is 1. The Balaban J connectivity index is 0.00000111. The van der Waals surface area contributed by atoms with Crippen LogP contribution in [0.5, 0.6) is 0 Å². The number of rotatable bonds is 10. The first kappa shape index (κ1) is 29.4. The molecule has 0 aliphatic heterocycles. The van der Waals surface area contributed by atoms with E-state index in [0.29, 0.717) is 5.56 Å². The molecule has 0 saturated heterocycles. The van der Waals surface area contributed by atoms with Crippen LogP contribution in [-0.2, 0) is 11.3 Å². The van der Waals surface area contributed by atoms with E-state index in [9.17, 15) is 13.6 Å². The molecule has 0 saturated carbocycles. The number of hydrogen-bond acceptors (Lipinski definition) is 3. The van der Waals surface area contributed by atoms with Gasteiger partial charge in [-0.15, -0.1) is 0 Å². The van der Waals surface area contributed by atoms with Gasteiger partial charge in [0.15, 0.2) is 11.6 Å². The molecule has 0 aliphatic carbocycles. The van der Waals surface area contributed by atoms with E-state index in [4.69, 9.17) is 5.41 Å². The van der Waals surface area contributed by atoms with Crippen molar-refractivity contribution >= 4 is 30.2 Å². The van der Waals surface area contributed by atoms with Crippen molar-refractivity contribution in [3.63, 3.8) is 0 Å². The van der Waals surface area contributed by atoms with Crippen LogP contribution in [0.2, 0.25) is 0 Å². The van der Waals surface area contributed by atoms with Crippen LogP contribution in [-0.4, -0.2) is 23.5 Å². The molecule has 35 heavy (non-hydrogen) atoms. The molecule has 0 aromatic heterocycles. The van der Waals surface area contributed by atoms with E-state index >= 15 is 0 Å². The number of benzene rings is 2. The second kappa shape index (κ2) is 15.3. The lowest BCUT2D eigenvalue weighted by Gasteiger charge is -2.23. The van der Waals surface area contributed by atoms with Crippen molar-refractivity contribution in [2.45, 2.75) is 60.4 Å². The van der Waals surface area contributed by atoms with Crippen molar-refractivity contribution in [3.05, 3.63) is 82.4 Å². The summed E-state index contributed by atoms with van der Waals surface area (Å²) in [6.45, 7) is 13.3. The molecule has 188 valence electrons. The highest BCUT2D eigenvalue weighted by Gasteiger charge is 2.11. The van der Waals surface area contributed by atoms with Gasteiger partial charge in [-0.2, -0.15) is 4.99 Å². The number of hydrazine groups is 1. The van der Waals surface area contributed by atoms with Gasteiger partial charge in [-0.05, 0) is 74.2 Å². The third kappa shape index (κ3) is 10.5. The van der Waals surface area contributed by atoms with Crippen molar-refractivity contribution in [3.8, 4) is 0 Å². The van der Waals surface area contributed by atoms with Crippen LogP contribution in [0.4, 0.5) is 14.5 Å². The molecule has 7 heteroatoms.